The van der Waals surface area contributed by atoms with E-state index in [1.807, 2.05) is 69.3 Å². The molecule has 1 heterocycles. The third-order valence-electron chi connectivity index (χ3n) is 9.86. The lowest BCUT2D eigenvalue weighted by Gasteiger charge is -2.31. The van der Waals surface area contributed by atoms with Gasteiger partial charge in [0.1, 0.15) is 17.8 Å². The van der Waals surface area contributed by atoms with Crippen LogP contribution in [-0.4, -0.2) is 82.7 Å². The van der Waals surface area contributed by atoms with Gasteiger partial charge in [-0.15, -0.1) is 0 Å². The van der Waals surface area contributed by atoms with E-state index >= 15 is 0 Å². The molecule has 3 aromatic carbocycles. The number of carbonyl (C=O) groups excluding carboxylic acids is 6. The molecular formula is C43H55N9O7. The second kappa shape index (κ2) is 20.8. The lowest BCUT2D eigenvalue weighted by atomic mass is 9.90. The number of hydrogen-bond donors (Lipinski definition) is 7. The third-order valence-corrected chi connectivity index (χ3v) is 9.86. The number of rotatable bonds is 16. The van der Waals surface area contributed by atoms with Crippen LogP contribution < -0.4 is 37.3 Å². The molecule has 0 spiro atoms. The van der Waals surface area contributed by atoms with E-state index in [9.17, 15) is 33.9 Å². The van der Waals surface area contributed by atoms with Crippen molar-refractivity contribution in [1.82, 2.24) is 21.3 Å². The maximum absolute atomic E-state index is 13.9. The van der Waals surface area contributed by atoms with E-state index < -0.39 is 60.2 Å². The van der Waals surface area contributed by atoms with E-state index in [2.05, 4.69) is 31.7 Å². The number of hydrazone groups is 1. The Morgan fingerprint density at radius 3 is 2.05 bits per heavy atom. The Hall–Kier alpha value is -6.42. The summed E-state index contributed by atoms with van der Waals surface area (Å²) in [5.74, 6) is 2.39. The second-order valence-corrected chi connectivity index (χ2v) is 15.2. The van der Waals surface area contributed by atoms with E-state index in [0.717, 1.165) is 17.5 Å². The van der Waals surface area contributed by atoms with Gasteiger partial charge in [-0.2, -0.15) is 5.10 Å². The molecule has 16 heteroatoms. The summed E-state index contributed by atoms with van der Waals surface area (Å²) in [7, 11) is 0. The average molecular weight is 810 g/mol. The van der Waals surface area contributed by atoms with Gasteiger partial charge in [-0.3, -0.25) is 33.8 Å². The van der Waals surface area contributed by atoms with Crippen molar-refractivity contribution in [2.24, 2.45) is 21.9 Å². The predicted octanol–water partition coefficient (Wildman–Crippen LogP) is 2.66. The van der Waals surface area contributed by atoms with Crippen molar-refractivity contribution in [2.45, 2.75) is 91.6 Å². The van der Waals surface area contributed by atoms with Crippen LogP contribution in [0, 0.1) is 5.92 Å². The molecule has 16 nitrogen and oxygen atoms in total. The number of hydrogen-bond acceptors (Lipinski definition) is 10. The van der Waals surface area contributed by atoms with E-state index in [1.165, 1.54) is 6.92 Å². The smallest absolute Gasteiger partial charge is 0.246 e. The van der Waals surface area contributed by atoms with Crippen LogP contribution in [0.4, 0.5) is 11.4 Å². The first-order valence-electron chi connectivity index (χ1n) is 19.6. The van der Waals surface area contributed by atoms with Gasteiger partial charge < -0.3 is 42.4 Å². The first-order valence-corrected chi connectivity index (χ1v) is 19.6. The summed E-state index contributed by atoms with van der Waals surface area (Å²) in [5.41, 5.74) is 4.57. The molecule has 3 aromatic rings. The number of nitrogens with two attached hydrogens (primary N) is 1. The molecule has 6 amide bonds. The molecule has 0 aromatic heterocycles. The summed E-state index contributed by atoms with van der Waals surface area (Å²) >= 11 is 0. The summed E-state index contributed by atoms with van der Waals surface area (Å²) in [4.78, 5) is 84.5. The van der Waals surface area contributed by atoms with Crippen LogP contribution in [0.25, 0.3) is 0 Å². The minimum absolute atomic E-state index is 0.135. The normalized spacial score (nSPS) is 14.9. The number of carbonyl (C=O) groups is 6. The molecule has 4 rings (SSSR count). The van der Waals surface area contributed by atoms with Gasteiger partial charge >= 0.3 is 0 Å². The molecule has 0 bridgehead atoms. The van der Waals surface area contributed by atoms with E-state index in [-0.39, 0.29) is 37.8 Å². The molecule has 1 aliphatic heterocycles. The minimum Gasteiger partial charge on any atom is -0.392 e. The van der Waals surface area contributed by atoms with Gasteiger partial charge in [0.2, 0.25) is 35.4 Å². The first-order chi connectivity index (χ1) is 28.1. The summed E-state index contributed by atoms with van der Waals surface area (Å²) in [6.45, 7) is 10.1. The highest BCUT2D eigenvalue weighted by Crippen LogP contribution is 2.31. The number of nitrogens with zero attached hydrogens (tertiary/aromatic N) is 3. The molecule has 1 aliphatic rings. The van der Waals surface area contributed by atoms with Gasteiger partial charge in [-0.25, -0.2) is 0 Å². The Balaban J connectivity index is 1.30. The molecule has 59 heavy (non-hydrogen) atoms. The fraction of sp³-hybridized carbons (Fsp3) is 0.395. The van der Waals surface area contributed by atoms with Crippen LogP contribution in [0.2, 0.25) is 0 Å². The highest BCUT2D eigenvalue weighted by molar-refractivity contribution is 6.55. The summed E-state index contributed by atoms with van der Waals surface area (Å²) < 4.78 is 0. The van der Waals surface area contributed by atoms with Gasteiger partial charge in [0.05, 0.1) is 43.2 Å². The van der Waals surface area contributed by atoms with Crippen molar-refractivity contribution in [1.29, 1.82) is 0 Å². The Morgan fingerprint density at radius 2 is 1.41 bits per heavy atom. The highest BCUT2D eigenvalue weighted by atomic mass is 16.3. The van der Waals surface area contributed by atoms with Crippen LogP contribution >= 0.6 is 0 Å². The van der Waals surface area contributed by atoms with Crippen LogP contribution in [0.15, 0.2) is 82.9 Å². The third kappa shape index (κ3) is 12.5. The lowest BCUT2D eigenvalue weighted by Crippen LogP contribution is -2.55. The Kier molecular flexibility index (Phi) is 16.0. The average Bonchev–Trinajstić information content (AvgIpc) is 3.22. The molecule has 0 aliphatic carbocycles. The number of aliphatic hydroxyl groups excluding tert-OH is 1. The fourth-order valence-corrected chi connectivity index (χ4v) is 6.09. The Labute approximate surface area is 344 Å². The molecule has 0 radical (unpaired) electrons. The molecule has 0 fully saturated rings. The zero-order valence-electron chi connectivity index (χ0n) is 34.4. The van der Waals surface area contributed by atoms with Crippen LogP contribution in [0.5, 0.6) is 0 Å². The summed E-state index contributed by atoms with van der Waals surface area (Å²) in [6.07, 6.45) is 0.378. The Bertz CT molecular complexity index is 2080. The zero-order chi connectivity index (χ0) is 43.3. The van der Waals surface area contributed by atoms with Crippen molar-refractivity contribution < 1.29 is 33.9 Å². The molecule has 0 saturated carbocycles. The second-order valence-electron chi connectivity index (χ2n) is 15.2. The van der Waals surface area contributed by atoms with E-state index in [4.69, 9.17) is 10.8 Å². The molecular weight excluding hydrogens is 755 g/mol. The number of aliphatic imine (C=N–C) groups is 1. The maximum atomic E-state index is 13.9. The molecule has 2 atom stereocenters. The van der Waals surface area contributed by atoms with Crippen molar-refractivity contribution in [3.63, 3.8) is 0 Å². The molecule has 0 saturated heterocycles. The van der Waals surface area contributed by atoms with Gasteiger partial charge in [-0.05, 0) is 62.4 Å². The van der Waals surface area contributed by atoms with Crippen molar-refractivity contribution in [2.75, 3.05) is 23.3 Å². The molecule has 314 valence electrons. The van der Waals surface area contributed by atoms with Crippen molar-refractivity contribution in [3.05, 3.63) is 95.1 Å². The van der Waals surface area contributed by atoms with Gasteiger partial charge in [-0.1, -0.05) is 75.4 Å². The number of amides is 6. The fourth-order valence-electron chi connectivity index (χ4n) is 6.09. The minimum atomic E-state index is -1.01. The topological polar surface area (TPSA) is 237 Å². The van der Waals surface area contributed by atoms with Gasteiger partial charge in [0, 0.05) is 29.7 Å². The largest absolute Gasteiger partial charge is 0.392 e. The zero-order valence-corrected chi connectivity index (χ0v) is 34.4. The number of fused-ring (bicyclic) bond motifs is 2. The lowest BCUT2D eigenvalue weighted by molar-refractivity contribution is -0.132. The molecule has 0 unspecified atom stereocenters. The first kappa shape index (κ1) is 45.3. The van der Waals surface area contributed by atoms with Gasteiger partial charge in [0.25, 0.3) is 0 Å². The highest BCUT2D eigenvalue weighted by Gasteiger charge is 2.31. The molecule has 8 N–H and O–H groups in total. The number of nitrogens with one attached hydrogen (secondary N) is 5. The van der Waals surface area contributed by atoms with Crippen molar-refractivity contribution in [3.8, 4) is 0 Å². The predicted molar refractivity (Wildman–Crippen MR) is 226 cm³/mol. The van der Waals surface area contributed by atoms with Crippen LogP contribution in [-0.2, 0) is 41.9 Å². The van der Waals surface area contributed by atoms with Crippen LogP contribution in [0.1, 0.15) is 83.1 Å². The quantitative estimate of drug-likeness (QED) is 0.0837. The number of aliphatic hydroxyl groups is 1. The van der Waals surface area contributed by atoms with Crippen LogP contribution in [0.3, 0.4) is 0 Å². The number of para-hydroxylation sites is 1. The van der Waals surface area contributed by atoms with Gasteiger partial charge in [0.15, 0.2) is 0 Å². The Morgan fingerprint density at radius 1 is 0.780 bits per heavy atom. The maximum Gasteiger partial charge on any atom is 0.246 e. The number of anilines is 2. The van der Waals surface area contributed by atoms with Crippen molar-refractivity contribution >= 4 is 58.2 Å². The standard InChI is InChI=1S/C43H55N9O7/c1-7-43(5,6)50-39-32-14-10-11-15-33(32)52(24-29-12-8-9-13-31(29)40(39)51-44)37(57)21-20-34(54)45-22-35(55)46-23-36(56)49-38(26(2)3)42(59)47-27(4)41(58)48-30-18-16-28(25-53)17-19-30/h8-19,26-27,38,53H,7,20-25,44H2,1-6H3,(H,45,54)(H,46,55)(H,47,59)(H,48,58)(H,49,56)/t27-,38-/m0/s1. The van der Waals surface area contributed by atoms with E-state index in [0.29, 0.717) is 33.9 Å². The number of benzene rings is 3. The monoisotopic (exact) mass is 809 g/mol. The summed E-state index contributed by atoms with van der Waals surface area (Å²) in [6, 6.07) is 19.5. The van der Waals surface area contributed by atoms with E-state index in [1.54, 1.807) is 43.0 Å². The SMILES string of the molecule is CCC(C)(C)N=C1C(=NN)c2ccccc2CN(C(=O)CCC(=O)NCC(=O)NCC(=O)N[C@H](C(=O)N[C@@H](C)C(=O)Nc2ccc(CO)cc2)C(C)C)c2ccccc21. The summed E-state index contributed by atoms with van der Waals surface area (Å²) in [5, 5.41) is 26.1.